The van der Waals surface area contributed by atoms with Crippen molar-refractivity contribution in [1.29, 1.82) is 0 Å². The number of benzene rings is 4. The molecule has 4 rings (SSSR count). The van der Waals surface area contributed by atoms with Gasteiger partial charge in [-0.25, -0.2) is 16.8 Å². The number of sulfone groups is 1. The number of nitrogens with zero attached hydrogens (tertiary/aromatic N) is 1. The van der Waals surface area contributed by atoms with Crippen molar-refractivity contribution in [2.75, 3.05) is 17.1 Å². The number of methoxy groups -OCH3 is 1. The summed E-state index contributed by atoms with van der Waals surface area (Å²) in [5, 5.41) is 13.6. The fourth-order valence-electron chi connectivity index (χ4n) is 3.80. The van der Waals surface area contributed by atoms with Gasteiger partial charge >= 0.3 is 0 Å². The van der Waals surface area contributed by atoms with Gasteiger partial charge in [-0.05, 0) is 55.5 Å². The quantitative estimate of drug-likeness (QED) is 0.210. The Morgan fingerprint density at radius 2 is 1.40 bits per heavy atom. The van der Waals surface area contributed by atoms with Gasteiger partial charge in [-0.2, -0.15) is 0 Å². The molecule has 0 aromatic heterocycles. The van der Waals surface area contributed by atoms with Crippen LogP contribution in [0.4, 0.5) is 17.1 Å². The van der Waals surface area contributed by atoms with Crippen LogP contribution in [-0.4, -0.2) is 34.8 Å². The van der Waals surface area contributed by atoms with Gasteiger partial charge in [-0.1, -0.05) is 35.9 Å². The zero-order chi connectivity index (χ0) is 29.1. The first-order chi connectivity index (χ1) is 18.9. The van der Waals surface area contributed by atoms with Gasteiger partial charge in [0.15, 0.2) is 0 Å². The molecule has 0 saturated heterocycles. The van der Waals surface area contributed by atoms with Crippen LogP contribution in [0.1, 0.15) is 15.9 Å². The molecule has 11 nitrogen and oxygen atoms in total. The highest BCUT2D eigenvalue weighted by Crippen LogP contribution is 2.33. The van der Waals surface area contributed by atoms with E-state index in [0.717, 1.165) is 35.9 Å². The van der Waals surface area contributed by atoms with E-state index in [1.165, 1.54) is 37.4 Å². The van der Waals surface area contributed by atoms with E-state index in [1.54, 1.807) is 37.3 Å². The number of rotatable bonds is 9. The predicted molar refractivity (Wildman–Crippen MR) is 148 cm³/mol. The number of nitro groups is 1. The molecule has 206 valence electrons. The summed E-state index contributed by atoms with van der Waals surface area (Å²) in [4.78, 5) is 23.1. The third-order valence-electron chi connectivity index (χ3n) is 5.83. The van der Waals surface area contributed by atoms with Gasteiger partial charge in [0.2, 0.25) is 9.84 Å². The molecule has 0 fully saturated rings. The number of non-ortho nitro benzene ring substituents is 1. The van der Waals surface area contributed by atoms with Crippen molar-refractivity contribution >= 4 is 42.8 Å². The van der Waals surface area contributed by atoms with E-state index in [0.29, 0.717) is 0 Å². The predicted octanol–water partition coefficient (Wildman–Crippen LogP) is 4.80. The van der Waals surface area contributed by atoms with Crippen molar-refractivity contribution in [2.45, 2.75) is 21.6 Å². The molecule has 0 spiro atoms. The first-order valence-electron chi connectivity index (χ1n) is 11.6. The Hall–Kier alpha value is -4.75. The lowest BCUT2D eigenvalue weighted by atomic mass is 10.1. The number of hydrogen-bond acceptors (Lipinski definition) is 8. The van der Waals surface area contributed by atoms with Crippen molar-refractivity contribution in [2.24, 2.45) is 0 Å². The number of para-hydroxylation sites is 2. The van der Waals surface area contributed by atoms with Crippen LogP contribution in [0.2, 0.25) is 0 Å². The average Bonchev–Trinajstić information content (AvgIpc) is 2.93. The number of nitro benzene ring substituents is 1. The van der Waals surface area contributed by atoms with Crippen molar-refractivity contribution in [3.63, 3.8) is 0 Å². The fraction of sp³-hybridized carbons (Fsp3) is 0.0741. The van der Waals surface area contributed by atoms with Crippen LogP contribution in [-0.2, 0) is 19.9 Å². The number of nitrogens with one attached hydrogen (secondary N) is 2. The third kappa shape index (κ3) is 5.80. The van der Waals surface area contributed by atoms with E-state index in [1.807, 2.05) is 0 Å². The summed E-state index contributed by atoms with van der Waals surface area (Å²) in [6, 6.07) is 20.2. The van der Waals surface area contributed by atoms with Crippen molar-refractivity contribution < 1.29 is 31.3 Å². The number of aryl methyl sites for hydroxylation is 1. The second-order valence-corrected chi connectivity index (χ2v) is 12.1. The largest absolute Gasteiger partial charge is 0.495 e. The molecule has 4 aromatic carbocycles. The Morgan fingerprint density at radius 3 is 2.02 bits per heavy atom. The number of hydrogen-bond donors (Lipinski definition) is 2. The molecule has 0 aliphatic rings. The summed E-state index contributed by atoms with van der Waals surface area (Å²) in [5.74, 6) is -0.652. The van der Waals surface area contributed by atoms with E-state index in [9.17, 15) is 31.7 Å². The minimum atomic E-state index is -4.46. The maximum absolute atomic E-state index is 13.7. The number of carbonyl (C=O) groups excluding carboxylic acids is 1. The summed E-state index contributed by atoms with van der Waals surface area (Å²) in [6.07, 6.45) is 0. The monoisotopic (exact) mass is 581 g/mol. The number of amides is 1. The lowest BCUT2D eigenvalue weighted by Crippen LogP contribution is -2.22. The zero-order valence-electron chi connectivity index (χ0n) is 21.2. The molecule has 13 heteroatoms. The smallest absolute Gasteiger partial charge is 0.269 e. The highest BCUT2D eigenvalue weighted by Gasteiger charge is 2.30. The SMILES string of the molecule is COc1ccccc1NC(=O)c1c(NS(=O)(=O)c2ccc(C)cc2)cccc1S(=O)(=O)c1ccc([N+](=O)[O-])cc1. The molecule has 0 unspecified atom stereocenters. The lowest BCUT2D eigenvalue weighted by molar-refractivity contribution is -0.384. The second kappa shape index (κ2) is 11.2. The summed E-state index contributed by atoms with van der Waals surface area (Å²) in [6.45, 7) is 1.79. The van der Waals surface area contributed by atoms with E-state index in [-0.39, 0.29) is 32.6 Å². The molecule has 0 radical (unpaired) electrons. The molecule has 0 aliphatic carbocycles. The van der Waals surface area contributed by atoms with Gasteiger partial charge in [0.1, 0.15) is 5.75 Å². The van der Waals surface area contributed by atoms with Gasteiger partial charge < -0.3 is 10.1 Å². The first-order valence-corrected chi connectivity index (χ1v) is 14.6. The Morgan fingerprint density at radius 1 is 0.800 bits per heavy atom. The molecule has 2 N–H and O–H groups in total. The molecule has 0 bridgehead atoms. The Kier molecular flexibility index (Phi) is 7.89. The molecule has 4 aromatic rings. The van der Waals surface area contributed by atoms with Crippen LogP contribution in [0.25, 0.3) is 0 Å². The molecule has 1 amide bonds. The number of sulfonamides is 1. The Labute approximate surface area is 230 Å². The molecule has 0 saturated carbocycles. The summed E-state index contributed by atoms with van der Waals surface area (Å²) >= 11 is 0. The minimum absolute atomic E-state index is 0.0992. The summed E-state index contributed by atoms with van der Waals surface area (Å²) in [7, 11) is -7.31. The minimum Gasteiger partial charge on any atom is -0.495 e. The third-order valence-corrected chi connectivity index (χ3v) is 9.02. The number of ether oxygens (including phenoxy) is 1. The van der Waals surface area contributed by atoms with E-state index < -0.39 is 41.1 Å². The Bertz CT molecular complexity index is 1800. The first kappa shape index (κ1) is 28.3. The maximum atomic E-state index is 13.7. The molecule has 0 atom stereocenters. The lowest BCUT2D eigenvalue weighted by Gasteiger charge is -2.17. The van der Waals surface area contributed by atoms with Gasteiger partial charge in [0.25, 0.3) is 21.6 Å². The number of anilines is 2. The van der Waals surface area contributed by atoms with Gasteiger partial charge in [0.05, 0.1) is 43.7 Å². The molecule has 0 aliphatic heterocycles. The van der Waals surface area contributed by atoms with Crippen molar-refractivity contribution in [3.8, 4) is 5.75 Å². The molecule has 40 heavy (non-hydrogen) atoms. The normalized spacial score (nSPS) is 11.4. The highest BCUT2D eigenvalue weighted by atomic mass is 32.2. The Balaban J connectivity index is 1.87. The standard InChI is InChI=1S/C27H23N3O8S2/c1-18-10-14-21(15-11-18)40(36,37)29-23-7-5-9-25(39(34,35)20-16-12-19(13-17-20)30(32)33)26(23)27(31)28-22-6-3-4-8-24(22)38-2/h3-17,29H,1-2H3,(H,28,31). The van der Waals surface area contributed by atoms with Gasteiger partial charge in [-0.3, -0.25) is 19.6 Å². The van der Waals surface area contributed by atoms with E-state index >= 15 is 0 Å². The van der Waals surface area contributed by atoms with Crippen LogP contribution in [0, 0.1) is 17.0 Å². The highest BCUT2D eigenvalue weighted by molar-refractivity contribution is 7.93. The van der Waals surface area contributed by atoms with E-state index in [2.05, 4.69) is 10.0 Å². The van der Waals surface area contributed by atoms with Crippen LogP contribution in [0.3, 0.4) is 0 Å². The van der Waals surface area contributed by atoms with Crippen LogP contribution in [0.15, 0.2) is 106 Å². The topological polar surface area (TPSA) is 162 Å². The van der Waals surface area contributed by atoms with Crippen LogP contribution >= 0.6 is 0 Å². The van der Waals surface area contributed by atoms with Crippen LogP contribution < -0.4 is 14.8 Å². The maximum Gasteiger partial charge on any atom is 0.269 e. The second-order valence-electron chi connectivity index (χ2n) is 8.51. The summed E-state index contributed by atoms with van der Waals surface area (Å²) < 4.78 is 61.4. The number of carbonyl (C=O) groups is 1. The molecular formula is C27H23N3O8S2. The van der Waals surface area contributed by atoms with Gasteiger partial charge in [0, 0.05) is 12.1 Å². The van der Waals surface area contributed by atoms with Gasteiger partial charge in [-0.15, -0.1) is 0 Å². The fourth-order valence-corrected chi connectivity index (χ4v) is 6.35. The average molecular weight is 582 g/mol. The zero-order valence-corrected chi connectivity index (χ0v) is 22.8. The summed E-state index contributed by atoms with van der Waals surface area (Å²) in [5.41, 5.74) is -0.0667. The van der Waals surface area contributed by atoms with Crippen LogP contribution in [0.5, 0.6) is 5.75 Å². The molecular weight excluding hydrogens is 558 g/mol. The van der Waals surface area contributed by atoms with E-state index in [4.69, 9.17) is 4.74 Å². The molecule has 0 heterocycles. The van der Waals surface area contributed by atoms with Crippen molar-refractivity contribution in [1.82, 2.24) is 0 Å². The van der Waals surface area contributed by atoms with Crippen molar-refractivity contribution in [3.05, 3.63) is 112 Å².